The van der Waals surface area contributed by atoms with Crippen molar-refractivity contribution in [2.75, 3.05) is 7.11 Å². The highest BCUT2D eigenvalue weighted by Gasteiger charge is 2.19. The molecule has 0 aliphatic carbocycles. The normalized spacial score (nSPS) is 11.3. The fourth-order valence-electron chi connectivity index (χ4n) is 3.97. The van der Waals surface area contributed by atoms with Crippen LogP contribution >= 0.6 is 11.3 Å². The number of benzene rings is 3. The highest BCUT2D eigenvalue weighted by molar-refractivity contribution is 7.25. The van der Waals surface area contributed by atoms with Crippen molar-refractivity contribution < 1.29 is 4.74 Å². The van der Waals surface area contributed by atoms with Crippen LogP contribution in [-0.4, -0.2) is 16.2 Å². The van der Waals surface area contributed by atoms with Crippen LogP contribution in [0.5, 0.6) is 5.75 Å². The Balaban J connectivity index is 1.88. The van der Waals surface area contributed by atoms with Gasteiger partial charge in [-0.1, -0.05) is 54.1 Å². The van der Waals surface area contributed by atoms with Crippen molar-refractivity contribution in [1.82, 2.24) is 9.13 Å². The Morgan fingerprint density at radius 3 is 2.55 bits per heavy atom. The van der Waals surface area contributed by atoms with Crippen molar-refractivity contribution in [2.45, 2.75) is 13.5 Å². The molecule has 2 aromatic heterocycles. The van der Waals surface area contributed by atoms with E-state index >= 15 is 0 Å². The largest absolute Gasteiger partial charge is 0.497 e. The van der Waals surface area contributed by atoms with Crippen LogP contribution in [0.15, 0.2) is 82.4 Å². The molecule has 0 saturated heterocycles. The average molecular weight is 429 g/mol. The number of nitrogens with zero attached hydrogens (tertiary/aromatic N) is 2. The van der Waals surface area contributed by atoms with Gasteiger partial charge in [-0.2, -0.15) is 0 Å². The number of fused-ring (bicyclic) bond motifs is 3. The van der Waals surface area contributed by atoms with Crippen LogP contribution < -0.4 is 16.0 Å². The Morgan fingerprint density at radius 1 is 0.935 bits per heavy atom. The molecule has 0 spiro atoms. The number of aryl methyl sites for hydroxylation is 1. The van der Waals surface area contributed by atoms with Gasteiger partial charge in [0.05, 0.1) is 24.9 Å². The first-order valence-corrected chi connectivity index (χ1v) is 10.8. The molecule has 2 heterocycles. The second kappa shape index (κ2) is 7.56. The molecule has 0 atom stereocenters. The second-order valence-electron chi connectivity index (χ2n) is 7.48. The van der Waals surface area contributed by atoms with Gasteiger partial charge in [-0.3, -0.25) is 9.36 Å². The Hall–Kier alpha value is -3.64. The van der Waals surface area contributed by atoms with Crippen LogP contribution in [0.4, 0.5) is 0 Å². The molecule has 0 N–H and O–H groups in total. The molecular formula is C25H20N2O3S. The van der Waals surface area contributed by atoms with Gasteiger partial charge in [0, 0.05) is 16.2 Å². The van der Waals surface area contributed by atoms with Crippen LogP contribution in [0.25, 0.3) is 26.0 Å². The minimum absolute atomic E-state index is 0.310. The van der Waals surface area contributed by atoms with Crippen LogP contribution in [-0.2, 0) is 6.54 Å². The summed E-state index contributed by atoms with van der Waals surface area (Å²) in [7, 11) is 1.56. The predicted molar refractivity (Wildman–Crippen MR) is 126 cm³/mol. The number of hydrogen-bond donors (Lipinski definition) is 0. The minimum Gasteiger partial charge on any atom is -0.497 e. The lowest BCUT2D eigenvalue weighted by atomic mass is 10.1. The van der Waals surface area contributed by atoms with Gasteiger partial charge in [-0.15, -0.1) is 11.3 Å². The zero-order chi connectivity index (χ0) is 21.5. The van der Waals surface area contributed by atoms with E-state index in [-0.39, 0.29) is 11.2 Å². The van der Waals surface area contributed by atoms with E-state index in [1.165, 1.54) is 15.9 Å². The zero-order valence-corrected chi connectivity index (χ0v) is 18.0. The molecule has 154 valence electrons. The summed E-state index contributed by atoms with van der Waals surface area (Å²) in [6.45, 7) is 2.40. The fourth-order valence-corrected chi connectivity index (χ4v) is 5.10. The van der Waals surface area contributed by atoms with Gasteiger partial charge < -0.3 is 4.74 Å². The number of hydrogen-bond acceptors (Lipinski definition) is 4. The van der Waals surface area contributed by atoms with Crippen LogP contribution in [0.3, 0.4) is 0 Å². The van der Waals surface area contributed by atoms with E-state index in [0.717, 1.165) is 21.2 Å². The Kier molecular flexibility index (Phi) is 4.71. The molecule has 0 aliphatic heterocycles. The molecule has 0 bridgehead atoms. The van der Waals surface area contributed by atoms with Gasteiger partial charge in [0.1, 0.15) is 10.4 Å². The minimum atomic E-state index is -0.365. The van der Waals surface area contributed by atoms with Gasteiger partial charge in [-0.25, -0.2) is 9.36 Å². The van der Waals surface area contributed by atoms with Gasteiger partial charge in [0.25, 0.3) is 5.56 Å². The summed E-state index contributed by atoms with van der Waals surface area (Å²) in [5.74, 6) is 0.588. The first-order chi connectivity index (χ1) is 15.1. The summed E-state index contributed by atoms with van der Waals surface area (Å²) in [6.07, 6.45) is 0. The highest BCUT2D eigenvalue weighted by atomic mass is 32.1. The zero-order valence-electron chi connectivity index (χ0n) is 17.2. The molecule has 5 aromatic rings. The van der Waals surface area contributed by atoms with Crippen molar-refractivity contribution in [2.24, 2.45) is 0 Å². The summed E-state index contributed by atoms with van der Waals surface area (Å²) in [6, 6.07) is 22.9. The van der Waals surface area contributed by atoms with Gasteiger partial charge in [0.15, 0.2) is 0 Å². The Morgan fingerprint density at radius 2 is 1.74 bits per heavy atom. The smallest absolute Gasteiger partial charge is 0.336 e. The number of ether oxygens (including phenoxy) is 1. The van der Waals surface area contributed by atoms with Gasteiger partial charge >= 0.3 is 5.69 Å². The van der Waals surface area contributed by atoms with Crippen LogP contribution in [0, 0.1) is 6.92 Å². The number of rotatable bonds is 4. The second-order valence-corrected chi connectivity index (χ2v) is 8.53. The third-order valence-corrected chi connectivity index (χ3v) is 6.54. The van der Waals surface area contributed by atoms with E-state index in [1.807, 2.05) is 49.4 Å². The topological polar surface area (TPSA) is 53.2 Å². The molecule has 0 amide bonds. The lowest BCUT2D eigenvalue weighted by Gasteiger charge is -2.14. The Labute approximate surface area is 182 Å². The maximum Gasteiger partial charge on any atom is 0.336 e. The highest BCUT2D eigenvalue weighted by Crippen LogP contribution is 2.31. The summed E-state index contributed by atoms with van der Waals surface area (Å²) >= 11 is 1.42. The summed E-state index contributed by atoms with van der Waals surface area (Å²) in [5.41, 5.74) is 2.64. The molecule has 0 unspecified atom stereocenters. The molecule has 5 nitrogen and oxygen atoms in total. The van der Waals surface area contributed by atoms with Gasteiger partial charge in [0.2, 0.25) is 0 Å². The quantitative estimate of drug-likeness (QED) is 0.416. The van der Waals surface area contributed by atoms with E-state index in [9.17, 15) is 9.59 Å². The molecule has 6 heteroatoms. The Bertz CT molecular complexity index is 1560. The van der Waals surface area contributed by atoms with Gasteiger partial charge in [-0.05, 0) is 30.7 Å². The predicted octanol–water partition coefficient (Wildman–Crippen LogP) is 4.73. The molecule has 3 aromatic carbocycles. The van der Waals surface area contributed by atoms with E-state index < -0.39 is 0 Å². The van der Waals surface area contributed by atoms with E-state index in [2.05, 4.69) is 6.07 Å². The lowest BCUT2D eigenvalue weighted by Crippen LogP contribution is -2.38. The molecule has 31 heavy (non-hydrogen) atoms. The van der Waals surface area contributed by atoms with Crippen molar-refractivity contribution in [3.63, 3.8) is 0 Å². The SMILES string of the molecule is COc1cccc(-n2c(=O)c3sc4ccccc4c3n(Cc3cccc(C)c3)c2=O)c1. The summed E-state index contributed by atoms with van der Waals surface area (Å²) in [5, 5.41) is 0.919. The third kappa shape index (κ3) is 3.25. The number of aromatic nitrogens is 2. The van der Waals surface area contributed by atoms with Crippen molar-refractivity contribution >= 4 is 31.6 Å². The standard InChI is InChI=1S/C25H20N2O3S/c1-16-7-5-8-17(13-16)15-26-22-20-11-3-4-12-21(20)31-23(22)24(28)27(25(26)29)18-9-6-10-19(14-18)30-2/h3-14H,15H2,1-2H3. The summed E-state index contributed by atoms with van der Waals surface area (Å²) in [4.78, 5) is 27.2. The number of thiophene rings is 1. The van der Waals surface area contributed by atoms with Crippen molar-refractivity contribution in [1.29, 1.82) is 0 Å². The molecule has 0 aliphatic rings. The third-order valence-electron chi connectivity index (χ3n) is 5.39. The fraction of sp³-hybridized carbons (Fsp3) is 0.120. The molecule has 0 radical (unpaired) electrons. The van der Waals surface area contributed by atoms with Crippen LogP contribution in [0.2, 0.25) is 0 Å². The first-order valence-electron chi connectivity index (χ1n) is 9.94. The number of methoxy groups -OCH3 is 1. The van der Waals surface area contributed by atoms with E-state index in [4.69, 9.17) is 4.74 Å². The lowest BCUT2D eigenvalue weighted by molar-refractivity contribution is 0.414. The van der Waals surface area contributed by atoms with Crippen molar-refractivity contribution in [3.05, 3.63) is 105 Å². The molecular weight excluding hydrogens is 408 g/mol. The van der Waals surface area contributed by atoms with E-state index in [1.54, 1.807) is 35.9 Å². The molecule has 0 saturated carbocycles. The summed E-state index contributed by atoms with van der Waals surface area (Å²) < 4.78 is 9.82. The maximum atomic E-state index is 13.7. The van der Waals surface area contributed by atoms with Crippen molar-refractivity contribution in [3.8, 4) is 11.4 Å². The maximum absolute atomic E-state index is 13.7. The monoisotopic (exact) mass is 428 g/mol. The molecule has 0 fully saturated rings. The van der Waals surface area contributed by atoms with E-state index in [0.29, 0.717) is 28.2 Å². The van der Waals surface area contributed by atoms with Crippen LogP contribution in [0.1, 0.15) is 11.1 Å². The average Bonchev–Trinajstić information content (AvgIpc) is 3.17. The molecule has 5 rings (SSSR count). The first kappa shape index (κ1) is 19.3.